The molecule has 1 heterocycles. The van der Waals surface area contributed by atoms with Gasteiger partial charge < -0.3 is 10.1 Å². The summed E-state index contributed by atoms with van der Waals surface area (Å²) < 4.78 is 29.0. The van der Waals surface area contributed by atoms with Crippen LogP contribution in [0.4, 0.5) is 8.78 Å². The molecule has 0 fully saturated rings. The molecule has 0 aliphatic heterocycles. The van der Waals surface area contributed by atoms with Crippen LogP contribution in [0.3, 0.4) is 0 Å². The number of hydrogen-bond acceptors (Lipinski definition) is 3. The minimum atomic E-state index is -2.87. The van der Waals surface area contributed by atoms with Gasteiger partial charge >= 0.3 is 6.61 Å². The number of hydrogen-bond donors (Lipinski definition) is 1. The molecule has 0 saturated heterocycles. The zero-order valence-electron chi connectivity index (χ0n) is 14.0. The van der Waals surface area contributed by atoms with E-state index in [-0.39, 0.29) is 11.7 Å². The Morgan fingerprint density at radius 2 is 1.62 bits per heavy atom. The lowest BCUT2D eigenvalue weighted by molar-refractivity contribution is -0.0498. The van der Waals surface area contributed by atoms with Crippen molar-refractivity contribution in [2.24, 2.45) is 0 Å². The van der Waals surface area contributed by atoms with Crippen molar-refractivity contribution in [3.05, 3.63) is 87.6 Å². The van der Waals surface area contributed by atoms with Crippen LogP contribution in [0.1, 0.15) is 31.7 Å². The summed E-state index contributed by atoms with van der Waals surface area (Å²) in [5.74, 6) is -0.0966. The van der Waals surface area contributed by atoms with Crippen molar-refractivity contribution in [1.82, 2.24) is 5.32 Å². The zero-order valence-corrected chi connectivity index (χ0v) is 14.8. The summed E-state index contributed by atoms with van der Waals surface area (Å²) in [4.78, 5) is 14.3. The van der Waals surface area contributed by atoms with Crippen molar-refractivity contribution in [2.75, 3.05) is 0 Å². The maximum absolute atomic E-state index is 12.6. The lowest BCUT2D eigenvalue weighted by atomic mass is 9.98. The molecule has 2 aromatic carbocycles. The van der Waals surface area contributed by atoms with E-state index in [2.05, 4.69) is 10.1 Å². The van der Waals surface area contributed by atoms with E-state index in [0.29, 0.717) is 4.88 Å². The molecule has 3 rings (SSSR count). The fraction of sp³-hybridized carbons (Fsp3) is 0.150. The van der Waals surface area contributed by atoms with Gasteiger partial charge in [0.15, 0.2) is 0 Å². The van der Waals surface area contributed by atoms with Gasteiger partial charge in [-0.25, -0.2) is 0 Å². The Kier molecular flexibility index (Phi) is 5.63. The van der Waals surface area contributed by atoms with Crippen LogP contribution in [0.2, 0.25) is 0 Å². The van der Waals surface area contributed by atoms with Gasteiger partial charge in [-0.3, -0.25) is 4.79 Å². The maximum Gasteiger partial charge on any atom is 0.387 e. The van der Waals surface area contributed by atoms with Crippen molar-refractivity contribution in [3.8, 4) is 5.75 Å². The topological polar surface area (TPSA) is 38.3 Å². The van der Waals surface area contributed by atoms with E-state index < -0.39 is 12.7 Å². The van der Waals surface area contributed by atoms with Gasteiger partial charge in [0.1, 0.15) is 5.75 Å². The van der Waals surface area contributed by atoms with E-state index in [4.69, 9.17) is 0 Å². The second-order valence-corrected chi connectivity index (χ2v) is 6.96. The first kappa shape index (κ1) is 18.1. The van der Waals surface area contributed by atoms with Crippen LogP contribution >= 0.6 is 11.3 Å². The average molecular weight is 373 g/mol. The molecule has 134 valence electrons. The number of ether oxygens (including phenoxy) is 1. The third-order valence-corrected chi connectivity index (χ3v) is 4.81. The number of alkyl halides is 2. The average Bonchev–Trinajstić information content (AvgIpc) is 3.07. The largest absolute Gasteiger partial charge is 0.435 e. The number of carbonyl (C=O) groups excluding carboxylic acids is 1. The van der Waals surface area contributed by atoms with Crippen molar-refractivity contribution >= 4 is 17.2 Å². The standard InChI is InChI=1S/C20H17F2NO2S/c1-13-7-12-17(26-13)19(24)23-18(14-5-3-2-4-6-14)15-8-10-16(11-9-15)25-20(21)22/h2-12,18,20H,1H3,(H,23,24). The van der Waals surface area contributed by atoms with Crippen molar-refractivity contribution in [1.29, 1.82) is 0 Å². The van der Waals surface area contributed by atoms with Gasteiger partial charge in [0, 0.05) is 4.88 Å². The number of aryl methyl sites for hydroxylation is 1. The van der Waals surface area contributed by atoms with E-state index in [9.17, 15) is 13.6 Å². The highest BCUT2D eigenvalue weighted by Gasteiger charge is 2.19. The van der Waals surface area contributed by atoms with Crippen molar-refractivity contribution < 1.29 is 18.3 Å². The summed E-state index contributed by atoms with van der Waals surface area (Å²) in [6.07, 6.45) is 0. The lowest BCUT2D eigenvalue weighted by Crippen LogP contribution is -2.28. The molecule has 1 aromatic heterocycles. The van der Waals surface area contributed by atoms with Crippen LogP contribution in [0.5, 0.6) is 5.75 Å². The zero-order chi connectivity index (χ0) is 18.5. The summed E-state index contributed by atoms with van der Waals surface area (Å²) >= 11 is 1.42. The molecule has 3 aromatic rings. The predicted molar refractivity (Wildman–Crippen MR) is 97.9 cm³/mol. The van der Waals surface area contributed by atoms with Crippen LogP contribution in [-0.4, -0.2) is 12.5 Å². The fourth-order valence-electron chi connectivity index (χ4n) is 2.61. The summed E-state index contributed by atoms with van der Waals surface area (Å²) in [5, 5.41) is 3.02. The molecule has 1 amide bonds. The van der Waals surface area contributed by atoms with E-state index in [1.807, 2.05) is 43.3 Å². The van der Waals surface area contributed by atoms with Crippen LogP contribution in [0.15, 0.2) is 66.7 Å². The Labute approximate surface area is 154 Å². The molecule has 1 N–H and O–H groups in total. The lowest BCUT2D eigenvalue weighted by Gasteiger charge is -2.20. The van der Waals surface area contributed by atoms with Crippen molar-refractivity contribution in [2.45, 2.75) is 19.6 Å². The highest BCUT2D eigenvalue weighted by molar-refractivity contribution is 7.13. The smallest absolute Gasteiger partial charge is 0.387 e. The molecular weight excluding hydrogens is 356 g/mol. The molecule has 3 nitrogen and oxygen atoms in total. The molecule has 0 bridgehead atoms. The van der Waals surface area contributed by atoms with Crippen molar-refractivity contribution in [3.63, 3.8) is 0 Å². The summed E-state index contributed by atoms with van der Waals surface area (Å²) in [6.45, 7) is -0.926. The number of carbonyl (C=O) groups is 1. The van der Waals surface area contributed by atoms with E-state index in [1.165, 1.54) is 23.5 Å². The number of nitrogens with one attached hydrogen (secondary N) is 1. The highest BCUT2D eigenvalue weighted by atomic mass is 32.1. The molecule has 26 heavy (non-hydrogen) atoms. The first-order valence-electron chi connectivity index (χ1n) is 8.00. The summed E-state index contributed by atoms with van der Waals surface area (Å²) in [5.41, 5.74) is 1.68. The first-order chi connectivity index (χ1) is 12.5. The number of halogens is 2. The molecule has 1 unspecified atom stereocenters. The number of rotatable bonds is 6. The highest BCUT2D eigenvalue weighted by Crippen LogP contribution is 2.26. The molecule has 0 aliphatic rings. The molecule has 1 atom stereocenters. The maximum atomic E-state index is 12.6. The number of benzene rings is 2. The molecule has 6 heteroatoms. The van der Waals surface area contributed by atoms with Gasteiger partial charge in [0.2, 0.25) is 0 Å². The SMILES string of the molecule is Cc1ccc(C(=O)NC(c2ccccc2)c2ccc(OC(F)F)cc2)s1. The quantitative estimate of drug-likeness (QED) is 0.647. The van der Waals surface area contributed by atoms with Gasteiger partial charge in [0.25, 0.3) is 5.91 Å². The molecule has 0 aliphatic carbocycles. The molecule has 0 spiro atoms. The summed E-state index contributed by atoms with van der Waals surface area (Å²) in [7, 11) is 0. The Hall–Kier alpha value is -2.73. The predicted octanol–water partition coefficient (Wildman–Crippen LogP) is 5.18. The van der Waals surface area contributed by atoms with Crippen LogP contribution < -0.4 is 10.1 Å². The van der Waals surface area contributed by atoms with Crippen LogP contribution in [0.25, 0.3) is 0 Å². The Morgan fingerprint density at radius 3 is 2.19 bits per heavy atom. The normalized spacial score (nSPS) is 12.0. The van der Waals surface area contributed by atoms with Crippen LogP contribution in [-0.2, 0) is 0 Å². The Bertz CT molecular complexity index is 863. The third kappa shape index (κ3) is 4.46. The second kappa shape index (κ2) is 8.10. The monoisotopic (exact) mass is 373 g/mol. The van der Waals surface area contributed by atoms with Crippen LogP contribution in [0, 0.1) is 6.92 Å². The summed E-state index contributed by atoms with van der Waals surface area (Å²) in [6, 6.07) is 19.1. The van der Waals surface area contributed by atoms with Gasteiger partial charge in [-0.1, -0.05) is 42.5 Å². The number of thiophene rings is 1. The first-order valence-corrected chi connectivity index (χ1v) is 8.81. The Morgan fingerprint density at radius 1 is 0.962 bits per heavy atom. The second-order valence-electron chi connectivity index (χ2n) is 5.67. The van der Waals surface area contributed by atoms with Gasteiger partial charge in [0.05, 0.1) is 10.9 Å². The van der Waals surface area contributed by atoms with E-state index >= 15 is 0 Å². The third-order valence-electron chi connectivity index (χ3n) is 3.81. The fourth-order valence-corrected chi connectivity index (χ4v) is 3.38. The number of amides is 1. The van der Waals surface area contributed by atoms with E-state index in [0.717, 1.165) is 16.0 Å². The van der Waals surface area contributed by atoms with Gasteiger partial charge in [-0.05, 0) is 42.3 Å². The minimum Gasteiger partial charge on any atom is -0.435 e. The molecule has 0 saturated carbocycles. The molecule has 0 radical (unpaired) electrons. The Balaban J connectivity index is 1.87. The molecular formula is C20H17F2NO2S. The van der Waals surface area contributed by atoms with E-state index in [1.54, 1.807) is 18.2 Å². The van der Waals surface area contributed by atoms with Gasteiger partial charge in [-0.15, -0.1) is 11.3 Å². The van der Waals surface area contributed by atoms with Gasteiger partial charge in [-0.2, -0.15) is 8.78 Å². The minimum absolute atomic E-state index is 0.0794.